The van der Waals surface area contributed by atoms with Crippen molar-refractivity contribution in [1.29, 1.82) is 0 Å². The summed E-state index contributed by atoms with van der Waals surface area (Å²) in [4.78, 5) is 11.0. The van der Waals surface area contributed by atoms with E-state index in [0.717, 1.165) is 30.6 Å². The second-order valence-corrected chi connectivity index (χ2v) is 5.80. The van der Waals surface area contributed by atoms with Gasteiger partial charge in [0, 0.05) is 12.6 Å². The maximum Gasteiger partial charge on any atom is 0.226 e. The second-order valence-electron chi connectivity index (χ2n) is 5.47. The molecule has 20 heavy (non-hydrogen) atoms. The van der Waals surface area contributed by atoms with E-state index in [1.807, 2.05) is 0 Å². The van der Waals surface area contributed by atoms with Gasteiger partial charge in [0.15, 0.2) is 5.65 Å². The number of hydrogen-bond acceptors (Lipinski definition) is 4. The summed E-state index contributed by atoms with van der Waals surface area (Å²) >= 11 is 6.06. The number of nitrogens with one attached hydrogen (secondary N) is 1. The van der Waals surface area contributed by atoms with Gasteiger partial charge in [0.05, 0.1) is 11.6 Å². The van der Waals surface area contributed by atoms with E-state index in [1.54, 1.807) is 6.20 Å². The molecule has 0 aromatic carbocycles. The van der Waals surface area contributed by atoms with Crippen LogP contribution in [-0.4, -0.2) is 32.8 Å². The largest absolute Gasteiger partial charge is 0.353 e. The molecular formula is C14H22ClN5. The highest BCUT2D eigenvalue weighted by Gasteiger charge is 2.22. The molecule has 0 spiro atoms. The van der Waals surface area contributed by atoms with Gasteiger partial charge < -0.3 is 4.90 Å². The lowest BCUT2D eigenvalue weighted by molar-refractivity contribution is 0.504. The number of nitrogens with zero attached hydrogens (tertiary/aromatic N) is 4. The highest BCUT2D eigenvalue weighted by molar-refractivity contribution is 6.28. The monoisotopic (exact) mass is 295 g/mol. The molecule has 0 atom stereocenters. The van der Waals surface area contributed by atoms with Crippen molar-refractivity contribution in [3.05, 3.63) is 11.5 Å². The first-order valence-electron chi connectivity index (χ1n) is 7.20. The third-order valence-corrected chi connectivity index (χ3v) is 3.65. The Hall–Kier alpha value is -1.36. The fourth-order valence-electron chi connectivity index (χ4n) is 2.54. The molecule has 6 heteroatoms. The van der Waals surface area contributed by atoms with Crippen LogP contribution in [0.2, 0.25) is 5.28 Å². The van der Waals surface area contributed by atoms with Gasteiger partial charge in [-0.3, -0.25) is 5.10 Å². The van der Waals surface area contributed by atoms with E-state index in [0.29, 0.717) is 17.6 Å². The fourth-order valence-corrected chi connectivity index (χ4v) is 2.71. The van der Waals surface area contributed by atoms with Gasteiger partial charge in [0.25, 0.3) is 0 Å². The molecule has 0 saturated heterocycles. The molecule has 0 unspecified atom stereocenters. The Balaban J connectivity index is 2.51. The van der Waals surface area contributed by atoms with Crippen molar-refractivity contribution >= 4 is 28.5 Å². The third kappa shape index (κ3) is 3.03. The summed E-state index contributed by atoms with van der Waals surface area (Å²) in [7, 11) is 0. The van der Waals surface area contributed by atoms with E-state index < -0.39 is 0 Å². The van der Waals surface area contributed by atoms with Crippen LogP contribution < -0.4 is 4.90 Å². The molecule has 0 aliphatic carbocycles. The molecule has 2 heterocycles. The number of halogens is 1. The Morgan fingerprint density at radius 1 is 1.25 bits per heavy atom. The number of aromatic amines is 1. The SMILES string of the molecule is CCC(CC)N(CC(C)C)c1nc(Cl)nc2[nH]ncc12. The predicted molar refractivity (Wildman–Crippen MR) is 83.2 cm³/mol. The van der Waals surface area contributed by atoms with Gasteiger partial charge in [-0.1, -0.05) is 27.7 Å². The summed E-state index contributed by atoms with van der Waals surface area (Å²) in [5.74, 6) is 1.43. The first kappa shape index (κ1) is 15.0. The van der Waals surface area contributed by atoms with Crippen LogP contribution in [0.1, 0.15) is 40.5 Å². The van der Waals surface area contributed by atoms with Gasteiger partial charge in [-0.05, 0) is 30.4 Å². The molecular weight excluding hydrogens is 274 g/mol. The normalized spacial score (nSPS) is 11.8. The molecule has 110 valence electrons. The van der Waals surface area contributed by atoms with E-state index >= 15 is 0 Å². The van der Waals surface area contributed by atoms with Crippen molar-refractivity contribution in [3.63, 3.8) is 0 Å². The molecule has 0 radical (unpaired) electrons. The molecule has 0 aliphatic rings. The number of H-pyrrole nitrogens is 1. The zero-order chi connectivity index (χ0) is 14.7. The Labute approximate surface area is 124 Å². The minimum Gasteiger partial charge on any atom is -0.353 e. The lowest BCUT2D eigenvalue weighted by Crippen LogP contribution is -2.38. The van der Waals surface area contributed by atoms with Gasteiger partial charge in [-0.2, -0.15) is 15.1 Å². The van der Waals surface area contributed by atoms with Gasteiger partial charge in [0.2, 0.25) is 5.28 Å². The Morgan fingerprint density at radius 3 is 2.55 bits per heavy atom. The summed E-state index contributed by atoms with van der Waals surface area (Å²) in [6, 6.07) is 0.446. The van der Waals surface area contributed by atoms with Gasteiger partial charge in [-0.15, -0.1) is 0 Å². The quantitative estimate of drug-likeness (QED) is 0.826. The van der Waals surface area contributed by atoms with Crippen LogP contribution in [0, 0.1) is 5.92 Å². The smallest absolute Gasteiger partial charge is 0.226 e. The molecule has 1 N–H and O–H groups in total. The number of rotatable bonds is 6. The summed E-state index contributed by atoms with van der Waals surface area (Å²) in [5.41, 5.74) is 0.694. The molecule has 0 aliphatic heterocycles. The molecule has 2 aromatic rings. The van der Waals surface area contributed by atoms with E-state index in [9.17, 15) is 0 Å². The average molecular weight is 296 g/mol. The molecule has 0 saturated carbocycles. The van der Waals surface area contributed by atoms with Crippen LogP contribution in [-0.2, 0) is 0 Å². The van der Waals surface area contributed by atoms with Crippen molar-refractivity contribution in [3.8, 4) is 0 Å². The van der Waals surface area contributed by atoms with E-state index in [2.05, 4.69) is 52.8 Å². The third-order valence-electron chi connectivity index (χ3n) is 3.48. The van der Waals surface area contributed by atoms with Crippen molar-refractivity contribution in [1.82, 2.24) is 20.2 Å². The summed E-state index contributed by atoms with van der Waals surface area (Å²) in [6.07, 6.45) is 3.92. The van der Waals surface area contributed by atoms with Crippen LogP contribution >= 0.6 is 11.6 Å². The van der Waals surface area contributed by atoms with Crippen molar-refractivity contribution in [2.45, 2.75) is 46.6 Å². The number of aromatic nitrogens is 4. The van der Waals surface area contributed by atoms with Crippen LogP contribution in [0.5, 0.6) is 0 Å². The Morgan fingerprint density at radius 2 is 1.95 bits per heavy atom. The van der Waals surface area contributed by atoms with Crippen LogP contribution in [0.3, 0.4) is 0 Å². The van der Waals surface area contributed by atoms with Gasteiger partial charge in [-0.25, -0.2) is 0 Å². The first-order valence-corrected chi connectivity index (χ1v) is 7.57. The zero-order valence-corrected chi connectivity index (χ0v) is 13.3. The van der Waals surface area contributed by atoms with E-state index in [1.165, 1.54) is 0 Å². The van der Waals surface area contributed by atoms with Crippen LogP contribution in [0.4, 0.5) is 5.82 Å². The fraction of sp³-hybridized carbons (Fsp3) is 0.643. The Bertz CT molecular complexity index is 562. The summed E-state index contributed by atoms with van der Waals surface area (Å²) in [5, 5.41) is 8.13. The predicted octanol–water partition coefficient (Wildman–Crippen LogP) is 3.66. The number of anilines is 1. The summed E-state index contributed by atoms with van der Waals surface area (Å²) < 4.78 is 0. The highest BCUT2D eigenvalue weighted by atomic mass is 35.5. The minimum absolute atomic E-state index is 0.261. The lowest BCUT2D eigenvalue weighted by atomic mass is 10.1. The van der Waals surface area contributed by atoms with Crippen molar-refractivity contribution in [2.24, 2.45) is 5.92 Å². The Kier molecular flexibility index (Phi) is 4.81. The standard InChI is InChI=1S/C14H22ClN5/c1-5-10(6-2)20(8-9(3)4)13-11-7-16-19-12(11)17-14(15)18-13/h7,9-10H,5-6,8H2,1-4H3,(H,16,17,18,19). The van der Waals surface area contributed by atoms with Crippen LogP contribution in [0.25, 0.3) is 11.0 Å². The van der Waals surface area contributed by atoms with Crippen molar-refractivity contribution in [2.75, 3.05) is 11.4 Å². The average Bonchev–Trinajstić information content (AvgIpc) is 2.85. The van der Waals surface area contributed by atoms with Gasteiger partial charge >= 0.3 is 0 Å². The van der Waals surface area contributed by atoms with E-state index in [4.69, 9.17) is 11.6 Å². The maximum atomic E-state index is 6.06. The lowest BCUT2D eigenvalue weighted by Gasteiger charge is -2.33. The molecule has 0 fully saturated rings. The number of fused-ring (bicyclic) bond motifs is 1. The van der Waals surface area contributed by atoms with E-state index in [-0.39, 0.29) is 5.28 Å². The molecule has 0 bridgehead atoms. The second kappa shape index (κ2) is 6.39. The van der Waals surface area contributed by atoms with Crippen LogP contribution in [0.15, 0.2) is 6.20 Å². The van der Waals surface area contributed by atoms with Gasteiger partial charge in [0.1, 0.15) is 5.82 Å². The molecule has 2 aromatic heterocycles. The zero-order valence-electron chi connectivity index (χ0n) is 12.5. The first-order chi connectivity index (χ1) is 9.56. The maximum absolute atomic E-state index is 6.06. The van der Waals surface area contributed by atoms with Crippen molar-refractivity contribution < 1.29 is 0 Å². The highest BCUT2D eigenvalue weighted by Crippen LogP contribution is 2.28. The topological polar surface area (TPSA) is 57.7 Å². The molecule has 2 rings (SSSR count). The number of hydrogen-bond donors (Lipinski definition) is 1. The summed E-state index contributed by atoms with van der Waals surface area (Å²) in [6.45, 7) is 9.78. The molecule has 5 nitrogen and oxygen atoms in total. The molecule has 0 amide bonds. The minimum atomic E-state index is 0.261.